The predicted octanol–water partition coefficient (Wildman–Crippen LogP) is 6.48. The number of aryl methyl sites for hydroxylation is 2. The fraction of sp³-hybridized carbons (Fsp3) is 0.552. The van der Waals surface area contributed by atoms with E-state index in [2.05, 4.69) is 90.2 Å². The molecule has 0 amide bonds. The first kappa shape index (κ1) is 26.5. The van der Waals surface area contributed by atoms with Crippen LogP contribution in [0.3, 0.4) is 0 Å². The van der Waals surface area contributed by atoms with E-state index in [0.29, 0.717) is 0 Å². The van der Waals surface area contributed by atoms with E-state index in [1.54, 1.807) is 0 Å². The van der Waals surface area contributed by atoms with E-state index in [4.69, 9.17) is 12.2 Å². The normalized spacial score (nSPS) is 13.1. The number of anilines is 2. The monoisotopic (exact) mass is 480 g/mol. The van der Waals surface area contributed by atoms with E-state index >= 15 is 0 Å². The molecule has 0 spiro atoms. The fourth-order valence-electron chi connectivity index (χ4n) is 4.83. The van der Waals surface area contributed by atoms with Gasteiger partial charge < -0.3 is 20.0 Å². The van der Waals surface area contributed by atoms with Crippen LogP contribution in [0.15, 0.2) is 42.5 Å². The molecule has 2 aromatic carbocycles. The smallest absolute Gasteiger partial charge is 0.173 e. The van der Waals surface area contributed by atoms with Gasteiger partial charge in [0.15, 0.2) is 5.11 Å². The molecule has 0 saturated heterocycles. The van der Waals surface area contributed by atoms with Crippen LogP contribution < -0.4 is 10.2 Å². The largest absolute Gasteiger partial charge is 0.371 e. The highest BCUT2D eigenvalue weighted by Gasteiger charge is 2.18. The minimum atomic E-state index is 0.812. The molecule has 0 aliphatic carbocycles. The number of hydrogen-bond donors (Lipinski definition) is 1. The average molecular weight is 481 g/mol. The number of benzene rings is 2. The Bertz CT molecular complexity index is 909. The maximum atomic E-state index is 5.92. The highest BCUT2D eigenvalue weighted by molar-refractivity contribution is 7.80. The number of nitrogens with one attached hydrogen (secondary N) is 1. The maximum Gasteiger partial charge on any atom is 0.173 e. The van der Waals surface area contributed by atoms with Gasteiger partial charge in [0.25, 0.3) is 0 Å². The lowest BCUT2D eigenvalue weighted by Gasteiger charge is -2.32. The molecule has 1 aliphatic rings. The Kier molecular flexibility index (Phi) is 10.7. The Hall–Kier alpha value is -2.11. The zero-order valence-corrected chi connectivity index (χ0v) is 22.6. The van der Waals surface area contributed by atoms with Gasteiger partial charge in [-0.05, 0) is 99.3 Å². The first-order valence-corrected chi connectivity index (χ1v) is 13.7. The number of rotatable bonds is 12. The van der Waals surface area contributed by atoms with E-state index in [-0.39, 0.29) is 0 Å². The summed E-state index contributed by atoms with van der Waals surface area (Å²) in [4.78, 5) is 7.41. The van der Waals surface area contributed by atoms with Crippen molar-refractivity contribution in [1.82, 2.24) is 9.80 Å². The quantitative estimate of drug-likeness (QED) is 0.350. The summed E-state index contributed by atoms with van der Waals surface area (Å²) in [6, 6.07) is 15.5. The summed E-state index contributed by atoms with van der Waals surface area (Å²) >= 11 is 5.92. The molecule has 0 fully saturated rings. The van der Waals surface area contributed by atoms with E-state index in [1.807, 2.05) is 0 Å². The molecule has 1 heterocycles. The van der Waals surface area contributed by atoms with Crippen molar-refractivity contribution in [2.45, 2.75) is 66.3 Å². The first-order chi connectivity index (χ1) is 16.5. The van der Waals surface area contributed by atoms with Crippen LogP contribution in [0.25, 0.3) is 0 Å². The Balaban J connectivity index is 1.72. The lowest BCUT2D eigenvalue weighted by Crippen LogP contribution is -2.37. The third-order valence-electron chi connectivity index (χ3n) is 6.87. The summed E-state index contributed by atoms with van der Waals surface area (Å²) in [6.07, 6.45) is 6.05. The minimum absolute atomic E-state index is 0.812. The zero-order chi connectivity index (χ0) is 24.3. The van der Waals surface area contributed by atoms with Gasteiger partial charge in [-0.2, -0.15) is 0 Å². The molecule has 0 bridgehead atoms. The Labute approximate surface area is 213 Å². The van der Waals surface area contributed by atoms with Crippen molar-refractivity contribution >= 4 is 28.7 Å². The van der Waals surface area contributed by atoms with Crippen LogP contribution in [0.1, 0.15) is 63.1 Å². The standard InChI is InChI=1S/C29H44N4S/c1-5-8-18-32-19-10-13-26-22-25(15-16-28(26)32)23-33(20-11-17-31(6-2)7-3)29(34)30-27-14-9-12-24(4)21-27/h9,12,14-16,21-22H,5-8,10-11,13,17-20,23H2,1-4H3,(H,30,34). The van der Waals surface area contributed by atoms with Crippen molar-refractivity contribution < 1.29 is 0 Å². The summed E-state index contributed by atoms with van der Waals surface area (Å²) in [5.41, 5.74) is 6.60. The van der Waals surface area contributed by atoms with Gasteiger partial charge in [-0.3, -0.25) is 0 Å². The number of fused-ring (bicyclic) bond motifs is 1. The van der Waals surface area contributed by atoms with Crippen LogP contribution in [0, 0.1) is 6.92 Å². The van der Waals surface area contributed by atoms with E-state index in [9.17, 15) is 0 Å². The molecule has 34 heavy (non-hydrogen) atoms. The lowest BCUT2D eigenvalue weighted by molar-refractivity contribution is 0.281. The molecule has 186 valence electrons. The minimum Gasteiger partial charge on any atom is -0.371 e. The second kappa shape index (κ2) is 13.7. The third kappa shape index (κ3) is 7.71. The molecule has 0 saturated carbocycles. The zero-order valence-electron chi connectivity index (χ0n) is 21.8. The highest BCUT2D eigenvalue weighted by Crippen LogP contribution is 2.29. The van der Waals surface area contributed by atoms with E-state index in [1.165, 1.54) is 61.2 Å². The van der Waals surface area contributed by atoms with Crippen molar-refractivity contribution in [2.24, 2.45) is 0 Å². The number of hydrogen-bond acceptors (Lipinski definition) is 3. The molecule has 3 rings (SSSR count). The summed E-state index contributed by atoms with van der Waals surface area (Å²) in [7, 11) is 0. The van der Waals surface area contributed by atoms with Crippen molar-refractivity contribution in [1.29, 1.82) is 0 Å². The van der Waals surface area contributed by atoms with Gasteiger partial charge in [0, 0.05) is 37.6 Å². The third-order valence-corrected chi connectivity index (χ3v) is 7.23. The molecule has 0 unspecified atom stereocenters. The SMILES string of the molecule is CCCCN1CCCc2cc(CN(CCCN(CC)CC)C(=S)Nc3cccc(C)c3)ccc21. The van der Waals surface area contributed by atoms with Gasteiger partial charge >= 0.3 is 0 Å². The van der Waals surface area contributed by atoms with Gasteiger partial charge in [-0.15, -0.1) is 0 Å². The molecule has 1 N–H and O–H groups in total. The fourth-order valence-corrected chi connectivity index (χ4v) is 5.10. The van der Waals surface area contributed by atoms with Gasteiger partial charge in [0.1, 0.15) is 0 Å². The summed E-state index contributed by atoms with van der Waals surface area (Å²) in [6.45, 7) is 16.3. The van der Waals surface area contributed by atoms with Crippen molar-refractivity contribution in [3.05, 3.63) is 59.2 Å². The number of nitrogens with zero attached hydrogens (tertiary/aromatic N) is 3. The van der Waals surface area contributed by atoms with Gasteiger partial charge in [-0.1, -0.05) is 51.5 Å². The lowest BCUT2D eigenvalue weighted by atomic mass is 9.98. The van der Waals surface area contributed by atoms with Gasteiger partial charge in [0.05, 0.1) is 0 Å². The van der Waals surface area contributed by atoms with Crippen molar-refractivity contribution in [3.63, 3.8) is 0 Å². The molecule has 0 radical (unpaired) electrons. The highest BCUT2D eigenvalue weighted by atomic mass is 32.1. The van der Waals surface area contributed by atoms with Crippen molar-refractivity contribution in [3.8, 4) is 0 Å². The first-order valence-electron chi connectivity index (χ1n) is 13.3. The van der Waals surface area contributed by atoms with Crippen LogP contribution in [0.2, 0.25) is 0 Å². The predicted molar refractivity (Wildman–Crippen MR) is 152 cm³/mol. The maximum absolute atomic E-state index is 5.92. The van der Waals surface area contributed by atoms with Crippen LogP contribution in [-0.2, 0) is 13.0 Å². The topological polar surface area (TPSA) is 21.8 Å². The molecule has 5 heteroatoms. The second-order valence-electron chi connectivity index (χ2n) is 9.51. The summed E-state index contributed by atoms with van der Waals surface area (Å²) in [5, 5.41) is 4.31. The molecule has 4 nitrogen and oxygen atoms in total. The molecule has 0 aromatic heterocycles. The molecule has 2 aromatic rings. The van der Waals surface area contributed by atoms with Crippen molar-refractivity contribution in [2.75, 3.05) is 49.5 Å². The Morgan fingerprint density at radius 2 is 1.85 bits per heavy atom. The summed E-state index contributed by atoms with van der Waals surface area (Å²) in [5.74, 6) is 0. The second-order valence-corrected chi connectivity index (χ2v) is 9.90. The number of thiocarbonyl (C=S) groups is 1. The van der Waals surface area contributed by atoms with Crippen LogP contribution >= 0.6 is 12.2 Å². The average Bonchev–Trinajstić information content (AvgIpc) is 2.84. The molecular weight excluding hydrogens is 436 g/mol. The van der Waals surface area contributed by atoms with Gasteiger partial charge in [0.2, 0.25) is 0 Å². The molecular formula is C29H44N4S. The molecule has 0 atom stereocenters. The summed E-state index contributed by atoms with van der Waals surface area (Å²) < 4.78 is 0. The van der Waals surface area contributed by atoms with E-state index < -0.39 is 0 Å². The van der Waals surface area contributed by atoms with Crippen LogP contribution in [0.5, 0.6) is 0 Å². The molecule has 1 aliphatic heterocycles. The van der Waals surface area contributed by atoms with E-state index in [0.717, 1.165) is 49.9 Å². The number of unbranched alkanes of at least 4 members (excludes halogenated alkanes) is 1. The Morgan fingerprint density at radius 1 is 1.03 bits per heavy atom. The van der Waals surface area contributed by atoms with Gasteiger partial charge in [-0.25, -0.2) is 0 Å². The Morgan fingerprint density at radius 3 is 2.59 bits per heavy atom. The van der Waals surface area contributed by atoms with Crippen LogP contribution in [0.4, 0.5) is 11.4 Å². The van der Waals surface area contributed by atoms with Crippen LogP contribution in [-0.4, -0.2) is 54.2 Å².